The molecule has 0 amide bonds. The van der Waals surface area contributed by atoms with Crippen LogP contribution in [-0.4, -0.2) is 5.97 Å². The van der Waals surface area contributed by atoms with Crippen LogP contribution in [0.15, 0.2) is 18.2 Å². The molecule has 0 radical (unpaired) electrons. The van der Waals surface area contributed by atoms with Crippen LogP contribution in [0.3, 0.4) is 0 Å². The van der Waals surface area contributed by atoms with Crippen molar-refractivity contribution in [3.8, 4) is 5.75 Å². The molecule has 2 atom stereocenters. The number of carbonyl (C=O) groups excluding carboxylic acids is 1. The number of ether oxygens (including phenoxy) is 2. The number of rotatable bonds is 3. The summed E-state index contributed by atoms with van der Waals surface area (Å²) < 4.78 is 79.0. The number of carbonyl (C=O) groups is 1. The van der Waals surface area contributed by atoms with Crippen LogP contribution in [0.25, 0.3) is 0 Å². The Morgan fingerprint density at radius 3 is 2.30 bits per heavy atom. The van der Waals surface area contributed by atoms with E-state index in [2.05, 4.69) is 6.58 Å². The van der Waals surface area contributed by atoms with Gasteiger partial charge >= 0.3 is 5.97 Å². The van der Waals surface area contributed by atoms with E-state index in [1.807, 2.05) is 6.92 Å². The molecule has 0 saturated carbocycles. The van der Waals surface area contributed by atoms with Crippen molar-refractivity contribution in [3.63, 3.8) is 0 Å². The van der Waals surface area contributed by atoms with Crippen LogP contribution in [0.4, 0.5) is 22.0 Å². The molecule has 0 spiro atoms. The molecule has 1 aliphatic carbocycles. The summed E-state index contributed by atoms with van der Waals surface area (Å²) in [6, 6.07) is 1.64. The molecule has 8 heteroatoms. The molecule has 2 aliphatic rings. The average Bonchev–Trinajstić information content (AvgIpc) is 3.01. The molecular weight excluding hydrogens is 407 g/mol. The van der Waals surface area contributed by atoms with Gasteiger partial charge in [0.2, 0.25) is 5.82 Å². The first-order valence-corrected chi connectivity index (χ1v) is 9.29. The first-order chi connectivity index (χ1) is 14.1. The van der Waals surface area contributed by atoms with E-state index in [1.165, 1.54) is 0 Å². The summed E-state index contributed by atoms with van der Waals surface area (Å²) in [7, 11) is 0. The molecule has 1 fully saturated rings. The molecular formula is C22H17F5O3. The predicted molar refractivity (Wildman–Crippen MR) is 96.3 cm³/mol. The van der Waals surface area contributed by atoms with Gasteiger partial charge in [-0.15, -0.1) is 0 Å². The number of esters is 1. The highest BCUT2D eigenvalue weighted by Gasteiger charge is 2.44. The van der Waals surface area contributed by atoms with Gasteiger partial charge in [-0.05, 0) is 49.4 Å². The average molecular weight is 424 g/mol. The SMILES string of the molecule is C=C1C(=O)O[C@H]2c3c(C)c(OCc4c(F)c(F)c(F)c(F)c4F)cc(C)c3CC[C@@H]12. The molecule has 0 aromatic heterocycles. The highest BCUT2D eigenvalue weighted by atomic mass is 19.2. The minimum atomic E-state index is -2.22. The van der Waals surface area contributed by atoms with Crippen molar-refractivity contribution < 1.29 is 36.2 Å². The molecule has 1 aliphatic heterocycles. The van der Waals surface area contributed by atoms with Crippen molar-refractivity contribution in [1.29, 1.82) is 0 Å². The van der Waals surface area contributed by atoms with E-state index in [0.29, 0.717) is 24.0 Å². The number of halogens is 5. The second-order valence-corrected chi connectivity index (χ2v) is 7.54. The summed E-state index contributed by atoms with van der Waals surface area (Å²) in [6.45, 7) is 6.45. The van der Waals surface area contributed by atoms with Gasteiger partial charge in [-0.2, -0.15) is 0 Å². The molecule has 0 bridgehead atoms. The van der Waals surface area contributed by atoms with Gasteiger partial charge in [-0.25, -0.2) is 26.7 Å². The van der Waals surface area contributed by atoms with Crippen molar-refractivity contribution >= 4 is 5.97 Å². The summed E-state index contributed by atoms with van der Waals surface area (Å²) in [4.78, 5) is 12.0. The van der Waals surface area contributed by atoms with Crippen LogP contribution in [0.5, 0.6) is 5.75 Å². The van der Waals surface area contributed by atoms with Crippen LogP contribution < -0.4 is 4.74 Å². The van der Waals surface area contributed by atoms with Gasteiger partial charge in [0.15, 0.2) is 23.3 Å². The predicted octanol–water partition coefficient (Wildman–Crippen LogP) is 5.29. The van der Waals surface area contributed by atoms with Crippen LogP contribution in [0.1, 0.15) is 40.3 Å². The van der Waals surface area contributed by atoms with Gasteiger partial charge in [-0.1, -0.05) is 6.58 Å². The third-order valence-corrected chi connectivity index (χ3v) is 5.89. The van der Waals surface area contributed by atoms with Gasteiger partial charge in [0.1, 0.15) is 18.5 Å². The largest absolute Gasteiger partial charge is 0.488 e. The Bertz CT molecular complexity index is 1080. The monoisotopic (exact) mass is 424 g/mol. The molecule has 0 unspecified atom stereocenters. The maximum absolute atomic E-state index is 14.0. The molecule has 30 heavy (non-hydrogen) atoms. The summed E-state index contributed by atoms with van der Waals surface area (Å²) in [5, 5.41) is 0. The molecule has 0 N–H and O–H groups in total. The van der Waals surface area contributed by atoms with Gasteiger partial charge in [-0.3, -0.25) is 0 Å². The highest BCUT2D eigenvalue weighted by Crippen LogP contribution is 2.49. The Balaban J connectivity index is 1.72. The van der Waals surface area contributed by atoms with Crippen molar-refractivity contribution in [3.05, 3.63) is 75.1 Å². The fourth-order valence-corrected chi connectivity index (χ4v) is 4.25. The van der Waals surface area contributed by atoms with Crippen molar-refractivity contribution in [2.24, 2.45) is 5.92 Å². The smallest absolute Gasteiger partial charge is 0.334 e. The van der Waals surface area contributed by atoms with E-state index in [9.17, 15) is 26.7 Å². The number of hydrogen-bond donors (Lipinski definition) is 0. The maximum atomic E-state index is 14.0. The van der Waals surface area contributed by atoms with Gasteiger partial charge < -0.3 is 9.47 Å². The first kappa shape index (κ1) is 20.4. The normalized spacial score (nSPS) is 20.1. The zero-order valence-electron chi connectivity index (χ0n) is 16.2. The van der Waals surface area contributed by atoms with Gasteiger partial charge in [0.05, 0.1) is 5.56 Å². The highest BCUT2D eigenvalue weighted by molar-refractivity contribution is 5.91. The van der Waals surface area contributed by atoms with Crippen molar-refractivity contribution in [2.75, 3.05) is 0 Å². The third-order valence-electron chi connectivity index (χ3n) is 5.89. The van der Waals surface area contributed by atoms with Crippen LogP contribution in [0, 0.1) is 48.9 Å². The molecule has 158 valence electrons. The fourth-order valence-electron chi connectivity index (χ4n) is 4.25. The Morgan fingerprint density at radius 1 is 1.07 bits per heavy atom. The Labute approximate surface area is 169 Å². The Kier molecular flexibility index (Phi) is 4.83. The summed E-state index contributed by atoms with van der Waals surface area (Å²) in [5.41, 5.74) is 2.47. The quantitative estimate of drug-likeness (QED) is 0.221. The lowest BCUT2D eigenvalue weighted by Crippen LogP contribution is -2.20. The van der Waals surface area contributed by atoms with E-state index in [4.69, 9.17) is 9.47 Å². The van der Waals surface area contributed by atoms with E-state index >= 15 is 0 Å². The third kappa shape index (κ3) is 2.88. The zero-order chi connectivity index (χ0) is 21.9. The number of benzene rings is 2. The number of hydrogen-bond acceptors (Lipinski definition) is 3. The van der Waals surface area contributed by atoms with E-state index in [0.717, 1.165) is 16.7 Å². The molecule has 4 rings (SSSR count). The summed E-state index contributed by atoms with van der Waals surface area (Å²) in [5.74, 6) is -10.6. The lowest BCUT2D eigenvalue weighted by Gasteiger charge is -2.30. The molecule has 1 saturated heterocycles. The molecule has 2 aromatic rings. The number of fused-ring (bicyclic) bond motifs is 3. The lowest BCUT2D eigenvalue weighted by molar-refractivity contribution is -0.139. The van der Waals surface area contributed by atoms with Crippen LogP contribution in [0.2, 0.25) is 0 Å². The summed E-state index contributed by atoms with van der Waals surface area (Å²) in [6.07, 6.45) is 0.856. The van der Waals surface area contributed by atoms with E-state index in [-0.39, 0.29) is 11.7 Å². The Hall–Kier alpha value is -2.90. The molecule has 1 heterocycles. The minimum Gasteiger partial charge on any atom is -0.488 e. The molecule has 2 aromatic carbocycles. The Morgan fingerprint density at radius 2 is 1.67 bits per heavy atom. The van der Waals surface area contributed by atoms with Crippen LogP contribution >= 0.6 is 0 Å². The second-order valence-electron chi connectivity index (χ2n) is 7.54. The fraction of sp³-hybridized carbons (Fsp3) is 0.318. The first-order valence-electron chi connectivity index (χ1n) is 9.29. The zero-order valence-corrected chi connectivity index (χ0v) is 16.2. The number of aryl methyl sites for hydroxylation is 1. The lowest BCUT2D eigenvalue weighted by atomic mass is 9.76. The standard InChI is InChI=1S/C22H17F5O3/c1-8-6-14(29-7-13-16(23)18(25)20(27)19(26)17(13)24)10(3)15-11(8)4-5-12-9(2)22(28)30-21(12)15/h6,12,21H,2,4-5,7H2,1,3H3/t12-,21+/m0/s1. The maximum Gasteiger partial charge on any atom is 0.334 e. The minimum absolute atomic E-state index is 0.173. The van der Waals surface area contributed by atoms with Gasteiger partial charge in [0, 0.05) is 17.1 Å². The van der Waals surface area contributed by atoms with Crippen molar-refractivity contribution in [2.45, 2.75) is 39.4 Å². The van der Waals surface area contributed by atoms with Crippen molar-refractivity contribution in [1.82, 2.24) is 0 Å². The topological polar surface area (TPSA) is 35.5 Å². The second kappa shape index (κ2) is 7.11. The molecule has 3 nitrogen and oxygen atoms in total. The van der Waals surface area contributed by atoms with Gasteiger partial charge in [0.25, 0.3) is 0 Å². The van der Waals surface area contributed by atoms with E-state index in [1.54, 1.807) is 13.0 Å². The van der Waals surface area contributed by atoms with E-state index < -0.39 is 53.3 Å². The summed E-state index contributed by atoms with van der Waals surface area (Å²) >= 11 is 0. The van der Waals surface area contributed by atoms with Crippen LogP contribution in [-0.2, 0) is 22.6 Å².